The number of ether oxygens (including phenoxy) is 1. The number of hydrogen-bond donors (Lipinski definition) is 0. The second-order valence-corrected chi connectivity index (χ2v) is 3.13. The number of carbonyl (C=O) groups excluding carboxylic acids is 1. The van der Waals surface area contributed by atoms with Crippen LogP contribution in [0.1, 0.15) is 12.5 Å². The van der Waals surface area contributed by atoms with Crippen LogP contribution in [0.3, 0.4) is 0 Å². The van der Waals surface area contributed by atoms with E-state index in [1.165, 1.54) is 24.3 Å². The van der Waals surface area contributed by atoms with Crippen LogP contribution in [0.5, 0.6) is 0 Å². The lowest BCUT2D eigenvalue weighted by atomic mass is 10.2. The third-order valence-electron chi connectivity index (χ3n) is 1.81. The van der Waals surface area contributed by atoms with Gasteiger partial charge < -0.3 is 4.74 Å². The molecule has 0 saturated carbocycles. The average Bonchev–Trinajstić information content (AvgIpc) is 2.28. The summed E-state index contributed by atoms with van der Waals surface area (Å²) in [4.78, 5) is 11.2. The Morgan fingerprint density at radius 3 is 2.69 bits per heavy atom. The van der Waals surface area contributed by atoms with Gasteiger partial charge in [0.2, 0.25) is 0 Å². The van der Waals surface area contributed by atoms with E-state index in [9.17, 15) is 9.18 Å². The number of halogens is 1. The molecule has 0 spiro atoms. The van der Waals surface area contributed by atoms with Gasteiger partial charge in [0.05, 0.1) is 0 Å². The lowest BCUT2D eigenvalue weighted by molar-refractivity contribution is -0.139. The maximum Gasteiger partial charge on any atom is 0.331 e. The van der Waals surface area contributed by atoms with Crippen molar-refractivity contribution in [3.05, 3.63) is 41.7 Å². The Labute approximate surface area is 93.7 Å². The number of carbonyl (C=O) groups is 1. The molecule has 0 aliphatic heterocycles. The molecular weight excluding hydrogens is 207 g/mol. The van der Waals surface area contributed by atoms with Crippen molar-refractivity contribution in [2.75, 3.05) is 0 Å². The fraction of sp³-hybridized carbons (Fsp3) is 0.154. The van der Waals surface area contributed by atoms with Gasteiger partial charge in [0.15, 0.2) is 6.10 Å². The van der Waals surface area contributed by atoms with Gasteiger partial charge >= 0.3 is 5.97 Å². The zero-order valence-electron chi connectivity index (χ0n) is 8.81. The van der Waals surface area contributed by atoms with Gasteiger partial charge in [-0.05, 0) is 30.7 Å². The molecule has 0 N–H and O–H groups in total. The van der Waals surface area contributed by atoms with Crippen LogP contribution in [-0.2, 0) is 9.53 Å². The van der Waals surface area contributed by atoms with Crippen molar-refractivity contribution in [2.45, 2.75) is 13.0 Å². The van der Waals surface area contributed by atoms with E-state index in [0.717, 1.165) is 0 Å². The number of rotatable bonds is 3. The fourth-order valence-electron chi connectivity index (χ4n) is 0.986. The first kappa shape index (κ1) is 12.0. The predicted octanol–water partition coefficient (Wildman–Crippen LogP) is 2.40. The molecule has 0 aromatic heterocycles. The first-order valence-corrected chi connectivity index (χ1v) is 4.72. The molecule has 3 heteroatoms. The molecule has 0 fully saturated rings. The molecule has 1 aromatic rings. The Morgan fingerprint density at radius 1 is 1.50 bits per heavy atom. The van der Waals surface area contributed by atoms with Crippen molar-refractivity contribution in [3.8, 4) is 12.3 Å². The Morgan fingerprint density at radius 2 is 2.12 bits per heavy atom. The largest absolute Gasteiger partial charge is 0.446 e. The summed E-state index contributed by atoms with van der Waals surface area (Å²) in [6.45, 7) is 1.60. The molecule has 1 unspecified atom stereocenters. The third kappa shape index (κ3) is 3.97. The third-order valence-corrected chi connectivity index (χ3v) is 1.81. The summed E-state index contributed by atoms with van der Waals surface area (Å²) in [6, 6.07) is 5.75. The van der Waals surface area contributed by atoms with Gasteiger partial charge in [-0.1, -0.05) is 18.1 Å². The first-order valence-electron chi connectivity index (χ1n) is 4.72. The number of terminal acetylenes is 1. The maximum atomic E-state index is 12.6. The van der Waals surface area contributed by atoms with Gasteiger partial charge in [-0.25, -0.2) is 9.18 Å². The van der Waals surface area contributed by atoms with E-state index in [2.05, 4.69) is 5.92 Å². The molecule has 0 aliphatic rings. The summed E-state index contributed by atoms with van der Waals surface area (Å²) in [5.74, 6) is 1.44. The van der Waals surface area contributed by atoms with Crippen LogP contribution in [0.25, 0.3) is 6.08 Å². The second kappa shape index (κ2) is 5.72. The molecule has 0 saturated heterocycles. The fourth-order valence-corrected chi connectivity index (χ4v) is 0.986. The minimum absolute atomic E-state index is 0.319. The molecule has 0 aliphatic carbocycles. The summed E-state index contributed by atoms with van der Waals surface area (Å²) >= 11 is 0. The average molecular weight is 218 g/mol. The first-order chi connectivity index (χ1) is 7.61. The minimum Gasteiger partial charge on any atom is -0.446 e. The monoisotopic (exact) mass is 218 g/mol. The molecule has 0 radical (unpaired) electrons. The zero-order chi connectivity index (χ0) is 12.0. The molecule has 1 atom stereocenters. The normalized spacial score (nSPS) is 12.1. The van der Waals surface area contributed by atoms with Crippen LogP contribution in [-0.4, -0.2) is 12.1 Å². The van der Waals surface area contributed by atoms with Crippen LogP contribution in [0.4, 0.5) is 4.39 Å². The highest BCUT2D eigenvalue weighted by Crippen LogP contribution is 2.05. The summed E-state index contributed by atoms with van der Waals surface area (Å²) < 4.78 is 17.4. The minimum atomic E-state index is -0.551. The predicted molar refractivity (Wildman–Crippen MR) is 59.8 cm³/mol. The quantitative estimate of drug-likeness (QED) is 0.442. The Hall–Kier alpha value is -2.08. The molecule has 16 heavy (non-hydrogen) atoms. The van der Waals surface area contributed by atoms with Gasteiger partial charge in [-0.2, -0.15) is 0 Å². The summed E-state index contributed by atoms with van der Waals surface area (Å²) in [6.07, 6.45) is 7.28. The Balaban J connectivity index is 2.57. The highest BCUT2D eigenvalue weighted by molar-refractivity contribution is 5.87. The number of esters is 1. The van der Waals surface area contributed by atoms with Crippen LogP contribution in [0, 0.1) is 18.2 Å². The molecule has 1 rings (SSSR count). The molecule has 2 nitrogen and oxygen atoms in total. The van der Waals surface area contributed by atoms with E-state index in [1.54, 1.807) is 19.1 Å². The highest BCUT2D eigenvalue weighted by Gasteiger charge is 2.01. The number of hydrogen-bond acceptors (Lipinski definition) is 2. The van der Waals surface area contributed by atoms with Gasteiger partial charge in [0.1, 0.15) is 5.82 Å². The highest BCUT2D eigenvalue weighted by atomic mass is 19.1. The van der Waals surface area contributed by atoms with Crippen molar-refractivity contribution in [2.24, 2.45) is 0 Å². The zero-order valence-corrected chi connectivity index (χ0v) is 8.81. The van der Waals surface area contributed by atoms with Gasteiger partial charge in [-0.15, -0.1) is 6.42 Å². The molecular formula is C13H11FO2. The Bertz CT molecular complexity index is 426. The maximum absolute atomic E-state index is 12.6. The van der Waals surface area contributed by atoms with Gasteiger partial charge in [0.25, 0.3) is 0 Å². The molecule has 1 aromatic carbocycles. The van der Waals surface area contributed by atoms with Crippen molar-refractivity contribution in [1.82, 2.24) is 0 Å². The lowest BCUT2D eigenvalue weighted by Crippen LogP contribution is -2.10. The smallest absolute Gasteiger partial charge is 0.331 e. The van der Waals surface area contributed by atoms with Crippen molar-refractivity contribution >= 4 is 12.0 Å². The van der Waals surface area contributed by atoms with Gasteiger partial charge in [0, 0.05) is 6.08 Å². The second-order valence-electron chi connectivity index (χ2n) is 3.13. The van der Waals surface area contributed by atoms with Crippen LogP contribution < -0.4 is 0 Å². The van der Waals surface area contributed by atoms with Crippen LogP contribution in [0.15, 0.2) is 30.3 Å². The van der Waals surface area contributed by atoms with E-state index < -0.39 is 12.1 Å². The van der Waals surface area contributed by atoms with Crippen molar-refractivity contribution in [3.63, 3.8) is 0 Å². The molecule has 0 heterocycles. The van der Waals surface area contributed by atoms with E-state index in [0.29, 0.717) is 5.56 Å². The summed E-state index contributed by atoms with van der Waals surface area (Å²) in [7, 11) is 0. The molecule has 82 valence electrons. The van der Waals surface area contributed by atoms with Crippen LogP contribution in [0.2, 0.25) is 0 Å². The SMILES string of the molecule is C#CC(C)OC(=O)C=Cc1ccc(F)cc1. The molecule has 0 amide bonds. The van der Waals surface area contributed by atoms with Crippen LogP contribution >= 0.6 is 0 Å². The number of benzene rings is 1. The Kier molecular flexibility index (Phi) is 4.28. The standard InChI is InChI=1S/C13H11FO2/c1-3-10(2)16-13(15)9-6-11-4-7-12(14)8-5-11/h1,4-10H,2H3. The van der Waals surface area contributed by atoms with Gasteiger partial charge in [-0.3, -0.25) is 0 Å². The van der Waals surface area contributed by atoms with E-state index >= 15 is 0 Å². The van der Waals surface area contributed by atoms with Crippen molar-refractivity contribution in [1.29, 1.82) is 0 Å². The summed E-state index contributed by atoms with van der Waals surface area (Å²) in [5.41, 5.74) is 0.715. The van der Waals surface area contributed by atoms with E-state index in [1.807, 2.05) is 0 Å². The van der Waals surface area contributed by atoms with E-state index in [4.69, 9.17) is 11.2 Å². The van der Waals surface area contributed by atoms with E-state index in [-0.39, 0.29) is 5.82 Å². The topological polar surface area (TPSA) is 26.3 Å². The lowest BCUT2D eigenvalue weighted by Gasteiger charge is -2.03. The van der Waals surface area contributed by atoms with Crippen molar-refractivity contribution < 1.29 is 13.9 Å². The summed E-state index contributed by atoms with van der Waals surface area (Å²) in [5, 5.41) is 0. The molecule has 0 bridgehead atoms.